The van der Waals surface area contributed by atoms with Crippen molar-refractivity contribution in [2.24, 2.45) is 11.1 Å². The lowest BCUT2D eigenvalue weighted by Gasteiger charge is -2.38. The number of hydrogen-bond acceptors (Lipinski definition) is 4. The Hall–Kier alpha value is -1.14. The van der Waals surface area contributed by atoms with Crippen LogP contribution >= 0.6 is 0 Å². The summed E-state index contributed by atoms with van der Waals surface area (Å²) in [6.07, 6.45) is 1.12. The van der Waals surface area contributed by atoms with E-state index in [9.17, 15) is 9.59 Å². The van der Waals surface area contributed by atoms with Gasteiger partial charge in [0, 0.05) is 18.3 Å². The van der Waals surface area contributed by atoms with Crippen molar-refractivity contribution in [3.8, 4) is 0 Å². The molecule has 0 aromatic carbocycles. The number of amides is 3. The number of ether oxygens (including phenoxy) is 2. The average Bonchev–Trinajstić information content (AvgIpc) is 2.66. The minimum Gasteiger partial charge on any atom is -0.419 e. The molecule has 6 heteroatoms. The van der Waals surface area contributed by atoms with Crippen LogP contribution in [0.4, 0.5) is 9.59 Å². The number of hydrogen-bond donors (Lipinski definition) is 1. The van der Waals surface area contributed by atoms with Crippen LogP contribution in [0.25, 0.3) is 0 Å². The summed E-state index contributed by atoms with van der Waals surface area (Å²) in [7, 11) is 0. The molecule has 0 aromatic heterocycles. The first-order valence-electron chi connectivity index (χ1n) is 6.33. The molecule has 2 N–H and O–H groups in total. The Labute approximate surface area is 107 Å². The van der Waals surface area contributed by atoms with Gasteiger partial charge in [-0.15, -0.1) is 4.48 Å². The molecule has 0 bridgehead atoms. The molecule has 2 aliphatic rings. The standard InChI is InChI=1S/C12H20N2O4/c1-9-4-3-5-14(9,10(13)15)11(16)18-8-12(2)6-17-7-12/h9H,3-8H2,1-2H3,(H-,13,15)/p+1/t9-,14?/m1/s1. The highest BCUT2D eigenvalue weighted by atomic mass is 16.6. The Bertz CT molecular complexity index is 367. The van der Waals surface area contributed by atoms with E-state index in [-0.39, 0.29) is 22.5 Å². The molecule has 18 heavy (non-hydrogen) atoms. The van der Waals surface area contributed by atoms with Crippen LogP contribution in [0.3, 0.4) is 0 Å². The normalized spacial score (nSPS) is 33.8. The number of likely N-dealkylation sites (tertiary alicyclic amines) is 1. The van der Waals surface area contributed by atoms with Crippen LogP contribution in [0.2, 0.25) is 0 Å². The highest BCUT2D eigenvalue weighted by molar-refractivity contribution is 5.79. The third kappa shape index (κ3) is 1.99. The minimum atomic E-state index is -0.611. The fourth-order valence-corrected chi connectivity index (χ4v) is 2.65. The van der Waals surface area contributed by atoms with Gasteiger partial charge in [-0.1, -0.05) is 6.92 Å². The van der Waals surface area contributed by atoms with Crippen molar-refractivity contribution in [3.05, 3.63) is 0 Å². The summed E-state index contributed by atoms with van der Waals surface area (Å²) >= 11 is 0. The van der Waals surface area contributed by atoms with Crippen LogP contribution in [-0.4, -0.2) is 49.0 Å². The second-order valence-corrected chi connectivity index (χ2v) is 5.78. The molecule has 102 valence electrons. The molecule has 2 aliphatic heterocycles. The summed E-state index contributed by atoms with van der Waals surface area (Å²) in [4.78, 5) is 23.9. The second kappa shape index (κ2) is 4.51. The van der Waals surface area contributed by atoms with Crippen LogP contribution in [0.15, 0.2) is 0 Å². The van der Waals surface area contributed by atoms with E-state index < -0.39 is 12.1 Å². The van der Waals surface area contributed by atoms with Gasteiger partial charge in [0.1, 0.15) is 12.6 Å². The summed E-state index contributed by atoms with van der Waals surface area (Å²) in [6, 6.07) is -0.708. The van der Waals surface area contributed by atoms with Crippen molar-refractivity contribution in [1.29, 1.82) is 0 Å². The third-order valence-electron chi connectivity index (χ3n) is 4.05. The quantitative estimate of drug-likeness (QED) is 0.755. The number of primary amides is 1. The fraction of sp³-hybridized carbons (Fsp3) is 0.833. The lowest BCUT2D eigenvalue weighted by atomic mass is 9.90. The van der Waals surface area contributed by atoms with Crippen molar-refractivity contribution in [1.82, 2.24) is 0 Å². The van der Waals surface area contributed by atoms with Gasteiger partial charge in [-0.25, -0.2) is 4.79 Å². The first-order valence-corrected chi connectivity index (χ1v) is 6.33. The van der Waals surface area contributed by atoms with E-state index in [1.165, 1.54) is 0 Å². The van der Waals surface area contributed by atoms with Gasteiger partial charge in [-0.2, -0.15) is 4.79 Å². The van der Waals surface area contributed by atoms with Gasteiger partial charge >= 0.3 is 12.1 Å². The molecule has 0 saturated carbocycles. The number of imide groups is 1. The molecule has 0 aliphatic carbocycles. The van der Waals surface area contributed by atoms with E-state index in [1.807, 2.05) is 13.8 Å². The zero-order valence-corrected chi connectivity index (χ0v) is 11.0. The fourth-order valence-electron chi connectivity index (χ4n) is 2.65. The molecule has 2 rings (SSSR count). The molecule has 6 nitrogen and oxygen atoms in total. The van der Waals surface area contributed by atoms with Gasteiger partial charge in [0.05, 0.1) is 19.8 Å². The lowest BCUT2D eigenvalue weighted by molar-refractivity contribution is -0.786. The Kier molecular flexibility index (Phi) is 3.33. The first kappa shape index (κ1) is 13.3. The monoisotopic (exact) mass is 257 g/mol. The highest BCUT2D eigenvalue weighted by Crippen LogP contribution is 2.31. The van der Waals surface area contributed by atoms with E-state index in [0.717, 1.165) is 12.8 Å². The number of carbonyl (C=O) groups is 2. The molecule has 0 aromatic rings. The molecule has 2 fully saturated rings. The Balaban J connectivity index is 2.03. The summed E-state index contributed by atoms with van der Waals surface area (Å²) in [5.41, 5.74) is 5.31. The van der Waals surface area contributed by atoms with Crippen LogP contribution in [0, 0.1) is 5.41 Å². The Morgan fingerprint density at radius 1 is 1.50 bits per heavy atom. The molecule has 2 atom stereocenters. The van der Waals surface area contributed by atoms with Crippen molar-refractivity contribution in [2.75, 3.05) is 26.4 Å². The topological polar surface area (TPSA) is 78.6 Å². The number of nitrogens with zero attached hydrogens (tertiary/aromatic N) is 1. The summed E-state index contributed by atoms with van der Waals surface area (Å²) in [6.45, 7) is 5.77. The second-order valence-electron chi connectivity index (χ2n) is 5.78. The van der Waals surface area contributed by atoms with Crippen molar-refractivity contribution < 1.29 is 23.5 Å². The maximum absolute atomic E-state index is 12.2. The molecule has 0 radical (unpaired) electrons. The van der Waals surface area contributed by atoms with Crippen molar-refractivity contribution in [3.63, 3.8) is 0 Å². The smallest absolute Gasteiger partial charge is 0.419 e. The molecule has 2 saturated heterocycles. The van der Waals surface area contributed by atoms with Gasteiger partial charge in [0.25, 0.3) is 0 Å². The van der Waals surface area contributed by atoms with E-state index in [1.54, 1.807) is 0 Å². The maximum Gasteiger partial charge on any atom is 0.525 e. The van der Waals surface area contributed by atoms with Gasteiger partial charge in [0.15, 0.2) is 0 Å². The number of carbonyl (C=O) groups excluding carboxylic acids is 2. The van der Waals surface area contributed by atoms with E-state index in [4.69, 9.17) is 15.2 Å². The Morgan fingerprint density at radius 3 is 2.56 bits per heavy atom. The molecular formula is C12H21N2O4+. The van der Waals surface area contributed by atoms with E-state index in [2.05, 4.69) is 0 Å². The number of rotatable bonds is 2. The van der Waals surface area contributed by atoms with E-state index in [0.29, 0.717) is 19.8 Å². The molecule has 0 spiro atoms. The van der Waals surface area contributed by atoms with Crippen LogP contribution < -0.4 is 5.73 Å². The summed E-state index contributed by atoms with van der Waals surface area (Å²) < 4.78 is 10.1. The van der Waals surface area contributed by atoms with Gasteiger partial charge in [-0.05, 0) is 6.92 Å². The lowest BCUT2D eigenvalue weighted by Crippen LogP contribution is -2.62. The molecule has 3 amide bonds. The zero-order valence-electron chi connectivity index (χ0n) is 11.0. The SMILES string of the molecule is C[C@@H]1CCC[N+]1(C(N)=O)C(=O)OCC1(C)COC1. The van der Waals surface area contributed by atoms with Crippen LogP contribution in [0.1, 0.15) is 26.7 Å². The molecule has 1 unspecified atom stereocenters. The average molecular weight is 257 g/mol. The summed E-state index contributed by atoms with van der Waals surface area (Å²) in [5, 5.41) is 0. The van der Waals surface area contributed by atoms with Gasteiger partial charge in [-0.3, -0.25) is 0 Å². The van der Waals surface area contributed by atoms with E-state index >= 15 is 0 Å². The number of urea groups is 1. The number of quaternary nitrogens is 1. The van der Waals surface area contributed by atoms with Crippen molar-refractivity contribution in [2.45, 2.75) is 32.7 Å². The predicted octanol–water partition coefficient (Wildman–Crippen LogP) is 1.24. The summed E-state index contributed by atoms with van der Waals surface area (Å²) in [5.74, 6) is 0. The maximum atomic E-state index is 12.2. The minimum absolute atomic E-state index is 0.0968. The molecular weight excluding hydrogens is 236 g/mol. The Morgan fingerprint density at radius 2 is 2.17 bits per heavy atom. The van der Waals surface area contributed by atoms with Crippen molar-refractivity contribution >= 4 is 12.1 Å². The largest absolute Gasteiger partial charge is 0.525 e. The third-order valence-corrected chi connectivity index (χ3v) is 4.05. The predicted molar refractivity (Wildman–Crippen MR) is 63.7 cm³/mol. The van der Waals surface area contributed by atoms with Gasteiger partial charge in [0.2, 0.25) is 0 Å². The molecule has 2 heterocycles. The zero-order chi connectivity index (χ0) is 13.4. The van der Waals surface area contributed by atoms with Crippen LogP contribution in [0.5, 0.6) is 0 Å². The van der Waals surface area contributed by atoms with Crippen LogP contribution in [-0.2, 0) is 9.47 Å². The highest BCUT2D eigenvalue weighted by Gasteiger charge is 2.53. The first-order chi connectivity index (χ1) is 8.41. The van der Waals surface area contributed by atoms with Gasteiger partial charge < -0.3 is 15.2 Å². The number of nitrogens with two attached hydrogens (primary N) is 1.